The van der Waals surface area contributed by atoms with E-state index in [9.17, 15) is 15.0 Å². The molecule has 1 aromatic carbocycles. The van der Waals surface area contributed by atoms with Crippen LogP contribution in [0.3, 0.4) is 0 Å². The molecule has 0 saturated carbocycles. The van der Waals surface area contributed by atoms with Crippen molar-refractivity contribution in [3.05, 3.63) is 28.8 Å². The predicted octanol–water partition coefficient (Wildman–Crippen LogP) is 2.19. The fourth-order valence-corrected chi connectivity index (χ4v) is 2.18. The molecule has 6 heteroatoms. The van der Waals surface area contributed by atoms with Gasteiger partial charge in [0.25, 0.3) is 0 Å². The van der Waals surface area contributed by atoms with Crippen LogP contribution in [0.15, 0.2) is 12.1 Å². The highest BCUT2D eigenvalue weighted by Gasteiger charge is 2.22. The second-order valence-electron chi connectivity index (χ2n) is 6.72. The summed E-state index contributed by atoms with van der Waals surface area (Å²) in [5.74, 6) is 0. The first kappa shape index (κ1) is 19.3. The number of hydrogen-bond acceptors (Lipinski definition) is 5. The number of carbonyl (C=O) groups excluding carboxylic acids is 1. The molecule has 0 aliphatic heterocycles. The Balaban J connectivity index is 2.57. The van der Waals surface area contributed by atoms with E-state index in [-0.39, 0.29) is 13.0 Å². The summed E-state index contributed by atoms with van der Waals surface area (Å²) in [5, 5.41) is 23.0. The van der Waals surface area contributed by atoms with E-state index in [0.717, 1.165) is 11.1 Å². The molecule has 0 aromatic heterocycles. The van der Waals surface area contributed by atoms with Gasteiger partial charge in [0, 0.05) is 12.2 Å². The summed E-state index contributed by atoms with van der Waals surface area (Å²) >= 11 is 0. The fourth-order valence-electron chi connectivity index (χ4n) is 2.18. The molecule has 130 valence electrons. The number of aliphatic hydroxyl groups excluding tert-OH is 2. The van der Waals surface area contributed by atoms with Gasteiger partial charge >= 0.3 is 6.09 Å². The Hall–Kier alpha value is -1.79. The van der Waals surface area contributed by atoms with Gasteiger partial charge in [-0.1, -0.05) is 6.07 Å². The number of carbonyl (C=O) groups is 1. The first-order valence-electron chi connectivity index (χ1n) is 7.71. The molecule has 2 atom stereocenters. The minimum absolute atomic E-state index is 0.208. The Morgan fingerprint density at radius 2 is 1.87 bits per heavy atom. The van der Waals surface area contributed by atoms with Gasteiger partial charge in [-0.05, 0) is 63.8 Å². The number of hydrogen-bond donors (Lipinski definition) is 4. The normalized spacial score (nSPS) is 14.2. The highest BCUT2D eigenvalue weighted by molar-refractivity contribution is 5.67. The molecular formula is C17H28N2O4. The van der Waals surface area contributed by atoms with Crippen LogP contribution < -0.4 is 11.1 Å². The van der Waals surface area contributed by atoms with Gasteiger partial charge in [0.2, 0.25) is 0 Å². The molecule has 1 rings (SSSR count). The molecule has 0 heterocycles. The first-order chi connectivity index (χ1) is 10.5. The largest absolute Gasteiger partial charge is 0.444 e. The van der Waals surface area contributed by atoms with Crippen LogP contribution in [0.4, 0.5) is 10.5 Å². The van der Waals surface area contributed by atoms with Gasteiger partial charge in [0.1, 0.15) is 11.7 Å². The molecule has 0 aliphatic carbocycles. The molecular weight excluding hydrogens is 296 g/mol. The molecule has 1 amide bonds. The average molecular weight is 324 g/mol. The Morgan fingerprint density at radius 3 is 2.43 bits per heavy atom. The highest BCUT2D eigenvalue weighted by atomic mass is 16.6. The second-order valence-corrected chi connectivity index (χ2v) is 6.72. The topological polar surface area (TPSA) is 105 Å². The predicted molar refractivity (Wildman–Crippen MR) is 90.1 cm³/mol. The van der Waals surface area contributed by atoms with Crippen molar-refractivity contribution in [1.29, 1.82) is 0 Å². The van der Waals surface area contributed by atoms with Crippen LogP contribution >= 0.6 is 0 Å². The van der Waals surface area contributed by atoms with E-state index in [1.807, 2.05) is 13.8 Å². The quantitative estimate of drug-likeness (QED) is 0.622. The molecule has 2 unspecified atom stereocenters. The number of anilines is 1. The Labute approximate surface area is 137 Å². The number of nitrogens with one attached hydrogen (secondary N) is 1. The summed E-state index contributed by atoms with van der Waals surface area (Å²) in [6.45, 7) is 9.26. The standard InChI is InChI=1S/C17H28N2O4/c1-10-11(2)13(18)7-6-12(10)15(21)14(20)8-9-19-16(22)23-17(3,4)5/h6-7,14-15,20-21H,8-9,18H2,1-5H3,(H,19,22). The summed E-state index contributed by atoms with van der Waals surface area (Å²) in [7, 11) is 0. The molecule has 0 fully saturated rings. The number of amides is 1. The van der Waals surface area contributed by atoms with E-state index in [1.54, 1.807) is 32.9 Å². The van der Waals surface area contributed by atoms with Gasteiger partial charge in [0.15, 0.2) is 0 Å². The smallest absolute Gasteiger partial charge is 0.407 e. The van der Waals surface area contributed by atoms with Crippen molar-refractivity contribution in [3.8, 4) is 0 Å². The summed E-state index contributed by atoms with van der Waals surface area (Å²) in [6, 6.07) is 3.43. The lowest BCUT2D eigenvalue weighted by Crippen LogP contribution is -2.34. The number of benzene rings is 1. The molecule has 1 aromatic rings. The third kappa shape index (κ3) is 5.73. The summed E-state index contributed by atoms with van der Waals surface area (Å²) in [6.07, 6.45) is -2.36. The van der Waals surface area contributed by atoms with Crippen molar-refractivity contribution in [2.75, 3.05) is 12.3 Å². The lowest BCUT2D eigenvalue weighted by molar-refractivity contribution is 0.0119. The van der Waals surface area contributed by atoms with Gasteiger partial charge in [-0.3, -0.25) is 0 Å². The van der Waals surface area contributed by atoms with Crippen LogP contribution in [0.25, 0.3) is 0 Å². The number of nitrogens with two attached hydrogens (primary N) is 1. The van der Waals surface area contributed by atoms with Gasteiger partial charge in [-0.25, -0.2) is 4.79 Å². The molecule has 0 saturated heterocycles. The van der Waals surface area contributed by atoms with Crippen molar-refractivity contribution in [3.63, 3.8) is 0 Å². The molecule has 0 bridgehead atoms. The number of nitrogen functional groups attached to an aromatic ring is 1. The fraction of sp³-hybridized carbons (Fsp3) is 0.588. The van der Waals surface area contributed by atoms with E-state index in [1.165, 1.54) is 0 Å². The van der Waals surface area contributed by atoms with Crippen LogP contribution in [0, 0.1) is 13.8 Å². The van der Waals surface area contributed by atoms with Gasteiger partial charge in [-0.2, -0.15) is 0 Å². The molecule has 0 aliphatic rings. The average Bonchev–Trinajstić information content (AvgIpc) is 2.42. The van der Waals surface area contributed by atoms with Gasteiger partial charge in [0.05, 0.1) is 6.10 Å². The minimum atomic E-state index is -1.03. The molecule has 23 heavy (non-hydrogen) atoms. The van der Waals surface area contributed by atoms with E-state index in [0.29, 0.717) is 11.3 Å². The molecule has 0 spiro atoms. The zero-order chi connectivity index (χ0) is 17.8. The van der Waals surface area contributed by atoms with Gasteiger partial charge in [-0.15, -0.1) is 0 Å². The SMILES string of the molecule is Cc1c(N)ccc(C(O)C(O)CCNC(=O)OC(C)(C)C)c1C. The van der Waals surface area contributed by atoms with Crippen LogP contribution in [-0.4, -0.2) is 34.6 Å². The van der Waals surface area contributed by atoms with Crippen molar-refractivity contribution in [2.24, 2.45) is 0 Å². The Kier molecular flexibility index (Phi) is 6.41. The number of rotatable bonds is 5. The molecule has 0 radical (unpaired) electrons. The lowest BCUT2D eigenvalue weighted by atomic mass is 9.94. The van der Waals surface area contributed by atoms with Crippen molar-refractivity contribution < 1.29 is 19.7 Å². The zero-order valence-corrected chi connectivity index (χ0v) is 14.5. The number of aliphatic hydroxyl groups is 2. The maximum Gasteiger partial charge on any atom is 0.407 e. The summed E-state index contributed by atoms with van der Waals surface area (Å²) in [4.78, 5) is 11.5. The highest BCUT2D eigenvalue weighted by Crippen LogP contribution is 2.27. The van der Waals surface area contributed by atoms with Crippen molar-refractivity contribution >= 4 is 11.8 Å². The zero-order valence-electron chi connectivity index (χ0n) is 14.5. The van der Waals surface area contributed by atoms with Crippen LogP contribution in [-0.2, 0) is 4.74 Å². The molecule has 5 N–H and O–H groups in total. The third-order valence-corrected chi connectivity index (χ3v) is 3.66. The Morgan fingerprint density at radius 1 is 1.26 bits per heavy atom. The first-order valence-corrected chi connectivity index (χ1v) is 7.71. The van der Waals surface area contributed by atoms with E-state index < -0.39 is 23.9 Å². The van der Waals surface area contributed by atoms with Crippen LogP contribution in [0.5, 0.6) is 0 Å². The number of ether oxygens (including phenoxy) is 1. The number of alkyl carbamates (subject to hydrolysis) is 1. The van der Waals surface area contributed by atoms with Crippen molar-refractivity contribution in [1.82, 2.24) is 5.32 Å². The van der Waals surface area contributed by atoms with E-state index in [2.05, 4.69) is 5.32 Å². The van der Waals surface area contributed by atoms with Crippen molar-refractivity contribution in [2.45, 2.75) is 58.8 Å². The molecule has 6 nitrogen and oxygen atoms in total. The van der Waals surface area contributed by atoms with Crippen LogP contribution in [0.2, 0.25) is 0 Å². The summed E-state index contributed by atoms with van der Waals surface area (Å²) < 4.78 is 5.10. The van der Waals surface area contributed by atoms with E-state index >= 15 is 0 Å². The monoisotopic (exact) mass is 324 g/mol. The second kappa shape index (κ2) is 7.66. The summed E-state index contributed by atoms with van der Waals surface area (Å²) in [5.41, 5.74) is 8.30. The minimum Gasteiger partial charge on any atom is -0.444 e. The third-order valence-electron chi connectivity index (χ3n) is 3.66. The Bertz CT molecular complexity index is 552. The van der Waals surface area contributed by atoms with E-state index in [4.69, 9.17) is 10.5 Å². The maximum atomic E-state index is 11.5. The maximum absolute atomic E-state index is 11.5. The van der Waals surface area contributed by atoms with Gasteiger partial charge < -0.3 is 26.0 Å². The van der Waals surface area contributed by atoms with Crippen LogP contribution in [0.1, 0.15) is 50.0 Å². The lowest BCUT2D eigenvalue weighted by Gasteiger charge is -2.22.